The number of carbonyl (C=O) groups is 1. The van der Waals surface area contributed by atoms with Crippen LogP contribution in [0.1, 0.15) is 22.8 Å². The Bertz CT molecular complexity index is 1320. The highest BCUT2D eigenvalue weighted by molar-refractivity contribution is 6.00. The third-order valence-electron chi connectivity index (χ3n) is 5.86. The standard InChI is InChI=1S/C27H23F2N3O2/c1-27(28,29)20-9-11-22(12-10-20)34-24-6-4-5-18-15-19(8-13-23(18)24)26(33)32-16-21(17-32)31-25-7-2-3-14-30-25/h2-15,21H,16-17H2,1H3,(H,30,31). The number of aromatic nitrogens is 1. The zero-order valence-corrected chi connectivity index (χ0v) is 18.5. The van der Waals surface area contributed by atoms with Gasteiger partial charge in [0.2, 0.25) is 0 Å². The first-order valence-corrected chi connectivity index (χ1v) is 11.0. The minimum atomic E-state index is -2.90. The average molecular weight is 459 g/mol. The second-order valence-electron chi connectivity index (χ2n) is 8.47. The maximum atomic E-state index is 13.5. The third-order valence-corrected chi connectivity index (χ3v) is 5.86. The number of nitrogens with one attached hydrogen (secondary N) is 1. The van der Waals surface area contributed by atoms with Crippen molar-refractivity contribution in [2.24, 2.45) is 0 Å². The molecule has 7 heteroatoms. The second kappa shape index (κ2) is 8.74. The molecule has 1 saturated heterocycles. The third kappa shape index (κ3) is 4.55. The number of benzene rings is 3. The molecular formula is C27H23F2N3O2. The Morgan fingerprint density at radius 3 is 2.53 bits per heavy atom. The number of anilines is 1. The molecule has 1 aliphatic heterocycles. The van der Waals surface area contributed by atoms with E-state index in [1.54, 1.807) is 17.2 Å². The van der Waals surface area contributed by atoms with E-state index in [9.17, 15) is 13.6 Å². The first-order valence-electron chi connectivity index (χ1n) is 11.0. The quantitative estimate of drug-likeness (QED) is 0.380. The number of hydrogen-bond acceptors (Lipinski definition) is 4. The molecule has 5 rings (SSSR count). The molecule has 0 aliphatic carbocycles. The Morgan fingerprint density at radius 2 is 1.82 bits per heavy atom. The summed E-state index contributed by atoms with van der Waals surface area (Å²) in [7, 11) is 0. The summed E-state index contributed by atoms with van der Waals surface area (Å²) in [6, 6.07) is 22.7. The smallest absolute Gasteiger partial charge is 0.270 e. The van der Waals surface area contributed by atoms with E-state index in [0.29, 0.717) is 30.2 Å². The molecule has 34 heavy (non-hydrogen) atoms. The van der Waals surface area contributed by atoms with Crippen molar-refractivity contribution >= 4 is 22.5 Å². The Hall–Kier alpha value is -4.00. The van der Waals surface area contributed by atoms with Gasteiger partial charge in [-0.1, -0.05) is 18.2 Å². The van der Waals surface area contributed by atoms with Gasteiger partial charge in [0.05, 0.1) is 6.04 Å². The first kappa shape index (κ1) is 21.8. The highest BCUT2D eigenvalue weighted by atomic mass is 19.3. The number of nitrogens with zero attached hydrogens (tertiary/aromatic N) is 2. The van der Waals surface area contributed by atoms with Crippen molar-refractivity contribution in [1.82, 2.24) is 9.88 Å². The number of carbonyl (C=O) groups excluding carboxylic acids is 1. The fourth-order valence-corrected chi connectivity index (χ4v) is 3.99. The maximum Gasteiger partial charge on any atom is 0.270 e. The number of pyridine rings is 1. The fourth-order valence-electron chi connectivity index (χ4n) is 3.99. The number of alkyl halides is 2. The van der Waals surface area contributed by atoms with Gasteiger partial charge in [0.1, 0.15) is 17.3 Å². The van der Waals surface area contributed by atoms with E-state index in [-0.39, 0.29) is 17.5 Å². The maximum absolute atomic E-state index is 13.5. The molecule has 1 aliphatic rings. The molecular weight excluding hydrogens is 436 g/mol. The lowest BCUT2D eigenvalue weighted by Crippen LogP contribution is -2.57. The van der Waals surface area contributed by atoms with E-state index < -0.39 is 5.92 Å². The van der Waals surface area contributed by atoms with Gasteiger partial charge < -0.3 is 15.0 Å². The van der Waals surface area contributed by atoms with Crippen molar-refractivity contribution in [3.8, 4) is 11.5 Å². The van der Waals surface area contributed by atoms with Crippen molar-refractivity contribution < 1.29 is 18.3 Å². The van der Waals surface area contributed by atoms with Crippen molar-refractivity contribution in [1.29, 1.82) is 0 Å². The highest BCUT2D eigenvalue weighted by Crippen LogP contribution is 2.33. The summed E-state index contributed by atoms with van der Waals surface area (Å²) in [4.78, 5) is 19.0. The van der Waals surface area contributed by atoms with Crippen LogP contribution in [0.3, 0.4) is 0 Å². The zero-order chi connectivity index (χ0) is 23.7. The Morgan fingerprint density at radius 1 is 1.03 bits per heavy atom. The summed E-state index contributed by atoms with van der Waals surface area (Å²) in [5.74, 6) is -1.06. The molecule has 1 fully saturated rings. The van der Waals surface area contributed by atoms with Crippen LogP contribution < -0.4 is 10.1 Å². The number of halogens is 2. The summed E-state index contributed by atoms with van der Waals surface area (Å²) in [6.07, 6.45) is 1.73. The SMILES string of the molecule is CC(F)(F)c1ccc(Oc2cccc3cc(C(=O)N4CC(Nc5ccccn5)C4)ccc23)cc1. The molecule has 0 spiro atoms. The van der Waals surface area contributed by atoms with E-state index in [0.717, 1.165) is 23.5 Å². The second-order valence-corrected chi connectivity index (χ2v) is 8.47. The van der Waals surface area contributed by atoms with Gasteiger partial charge in [0.25, 0.3) is 11.8 Å². The molecule has 1 N–H and O–H groups in total. The number of amides is 1. The van der Waals surface area contributed by atoms with Crippen LogP contribution in [0.2, 0.25) is 0 Å². The summed E-state index contributed by atoms with van der Waals surface area (Å²) >= 11 is 0. The van der Waals surface area contributed by atoms with Gasteiger partial charge in [-0.05, 0) is 66.0 Å². The van der Waals surface area contributed by atoms with E-state index >= 15 is 0 Å². The van der Waals surface area contributed by atoms with Gasteiger partial charge in [0, 0.05) is 42.7 Å². The Labute approximate surface area is 196 Å². The van der Waals surface area contributed by atoms with Crippen LogP contribution in [0.15, 0.2) is 85.1 Å². The van der Waals surface area contributed by atoms with Crippen LogP contribution in [-0.4, -0.2) is 34.9 Å². The molecule has 172 valence electrons. The molecule has 4 aromatic rings. The molecule has 0 radical (unpaired) electrons. The zero-order valence-electron chi connectivity index (χ0n) is 18.5. The van der Waals surface area contributed by atoms with Crippen LogP contribution in [0.5, 0.6) is 11.5 Å². The van der Waals surface area contributed by atoms with Gasteiger partial charge in [0.15, 0.2) is 0 Å². The predicted octanol–water partition coefficient (Wildman–Crippen LogP) is 6.08. The molecule has 3 aromatic carbocycles. The van der Waals surface area contributed by atoms with Gasteiger partial charge in [-0.2, -0.15) is 0 Å². The number of fused-ring (bicyclic) bond motifs is 1. The number of hydrogen-bond donors (Lipinski definition) is 1. The molecule has 2 heterocycles. The number of rotatable bonds is 6. The van der Waals surface area contributed by atoms with Crippen LogP contribution in [0.4, 0.5) is 14.6 Å². The van der Waals surface area contributed by atoms with E-state index in [2.05, 4.69) is 10.3 Å². The predicted molar refractivity (Wildman–Crippen MR) is 128 cm³/mol. The summed E-state index contributed by atoms with van der Waals surface area (Å²) in [5.41, 5.74) is 0.542. The normalized spacial score (nSPS) is 14.0. The molecule has 0 saturated carbocycles. The first-order chi connectivity index (χ1) is 16.4. The topological polar surface area (TPSA) is 54.5 Å². The van der Waals surface area contributed by atoms with E-state index in [1.165, 1.54) is 24.3 Å². The minimum Gasteiger partial charge on any atom is -0.457 e. The monoisotopic (exact) mass is 459 g/mol. The lowest BCUT2D eigenvalue weighted by molar-refractivity contribution is 0.0174. The summed E-state index contributed by atoms with van der Waals surface area (Å²) in [5, 5.41) is 5.02. The molecule has 0 unspecified atom stereocenters. The van der Waals surface area contributed by atoms with Gasteiger partial charge >= 0.3 is 0 Å². The Balaban J connectivity index is 1.28. The lowest BCUT2D eigenvalue weighted by atomic mass is 10.0. The van der Waals surface area contributed by atoms with Crippen molar-refractivity contribution in [3.05, 3.63) is 96.2 Å². The van der Waals surface area contributed by atoms with Crippen LogP contribution in [-0.2, 0) is 5.92 Å². The molecule has 1 amide bonds. The van der Waals surface area contributed by atoms with Gasteiger partial charge in [-0.15, -0.1) is 0 Å². The largest absolute Gasteiger partial charge is 0.457 e. The summed E-state index contributed by atoms with van der Waals surface area (Å²) in [6.45, 7) is 2.09. The lowest BCUT2D eigenvalue weighted by Gasteiger charge is -2.39. The van der Waals surface area contributed by atoms with E-state index in [4.69, 9.17) is 4.74 Å². The molecule has 0 atom stereocenters. The van der Waals surface area contributed by atoms with Crippen LogP contribution >= 0.6 is 0 Å². The number of likely N-dealkylation sites (tertiary alicyclic amines) is 1. The average Bonchev–Trinajstić information content (AvgIpc) is 2.81. The van der Waals surface area contributed by atoms with Crippen molar-refractivity contribution in [3.63, 3.8) is 0 Å². The minimum absolute atomic E-state index is 0.0247. The Kier molecular flexibility index (Phi) is 5.61. The van der Waals surface area contributed by atoms with Crippen molar-refractivity contribution in [2.45, 2.75) is 18.9 Å². The van der Waals surface area contributed by atoms with E-state index in [1.807, 2.05) is 48.5 Å². The van der Waals surface area contributed by atoms with Gasteiger partial charge in [-0.25, -0.2) is 13.8 Å². The summed E-state index contributed by atoms with van der Waals surface area (Å²) < 4.78 is 32.9. The molecule has 0 bridgehead atoms. The van der Waals surface area contributed by atoms with Crippen LogP contribution in [0.25, 0.3) is 10.8 Å². The molecule has 1 aromatic heterocycles. The number of ether oxygens (including phenoxy) is 1. The fraction of sp³-hybridized carbons (Fsp3) is 0.185. The molecule has 5 nitrogen and oxygen atoms in total. The van der Waals surface area contributed by atoms with Crippen LogP contribution in [0, 0.1) is 0 Å². The van der Waals surface area contributed by atoms with Gasteiger partial charge in [-0.3, -0.25) is 4.79 Å². The highest BCUT2D eigenvalue weighted by Gasteiger charge is 2.31. The van der Waals surface area contributed by atoms with Crippen molar-refractivity contribution in [2.75, 3.05) is 18.4 Å².